The maximum absolute atomic E-state index is 9.25. The first-order valence-electron chi connectivity index (χ1n) is 6.54. The van der Waals surface area contributed by atoms with E-state index < -0.39 is 0 Å². The van der Waals surface area contributed by atoms with Crippen molar-refractivity contribution < 1.29 is 4.74 Å². The number of pyridine rings is 1. The Bertz CT molecular complexity index is 719. The number of fused-ring (bicyclic) bond motifs is 1. The first-order valence-corrected chi connectivity index (χ1v) is 7.33. The van der Waals surface area contributed by atoms with Crippen LogP contribution in [0.4, 0.5) is 0 Å². The van der Waals surface area contributed by atoms with Crippen molar-refractivity contribution >= 4 is 15.9 Å². The average Bonchev–Trinajstić information content (AvgIpc) is 2.89. The van der Waals surface area contributed by atoms with Gasteiger partial charge in [-0.25, -0.2) is 4.98 Å². The fourth-order valence-corrected chi connectivity index (χ4v) is 2.65. The Morgan fingerprint density at radius 2 is 2.15 bits per heavy atom. The standard InChI is InChI=1S/C16H13BrN2O/c1-10-7-13(5-6-14(10)17)20-16-12(9-18)8-11-3-2-4-15(11)19-16/h5-8H,2-4H2,1H3. The quantitative estimate of drug-likeness (QED) is 0.825. The molecule has 0 radical (unpaired) electrons. The lowest BCUT2D eigenvalue weighted by molar-refractivity contribution is 0.459. The van der Waals surface area contributed by atoms with Gasteiger partial charge in [-0.2, -0.15) is 5.26 Å². The summed E-state index contributed by atoms with van der Waals surface area (Å²) in [5.41, 5.74) is 3.84. The summed E-state index contributed by atoms with van der Waals surface area (Å²) < 4.78 is 6.84. The zero-order chi connectivity index (χ0) is 14.1. The zero-order valence-electron chi connectivity index (χ0n) is 11.1. The van der Waals surface area contributed by atoms with Crippen LogP contribution in [0, 0.1) is 18.3 Å². The highest BCUT2D eigenvalue weighted by Crippen LogP contribution is 2.30. The van der Waals surface area contributed by atoms with Gasteiger partial charge in [0.1, 0.15) is 17.4 Å². The highest BCUT2D eigenvalue weighted by molar-refractivity contribution is 9.10. The van der Waals surface area contributed by atoms with Crippen molar-refractivity contribution in [2.24, 2.45) is 0 Å². The van der Waals surface area contributed by atoms with Gasteiger partial charge >= 0.3 is 0 Å². The molecule has 1 aliphatic carbocycles. The number of benzene rings is 1. The number of nitriles is 1. The van der Waals surface area contributed by atoms with Crippen LogP contribution in [0.25, 0.3) is 0 Å². The smallest absolute Gasteiger partial charge is 0.237 e. The molecule has 0 saturated carbocycles. The van der Waals surface area contributed by atoms with Gasteiger partial charge in [0, 0.05) is 10.2 Å². The minimum Gasteiger partial charge on any atom is -0.438 e. The maximum Gasteiger partial charge on any atom is 0.237 e. The van der Waals surface area contributed by atoms with Crippen molar-refractivity contribution in [1.82, 2.24) is 4.98 Å². The second-order valence-electron chi connectivity index (χ2n) is 4.93. The Morgan fingerprint density at radius 1 is 1.30 bits per heavy atom. The van der Waals surface area contributed by atoms with Crippen molar-refractivity contribution in [3.05, 3.63) is 51.1 Å². The molecule has 3 nitrogen and oxygen atoms in total. The average molecular weight is 329 g/mol. The molecule has 0 fully saturated rings. The minimum atomic E-state index is 0.412. The number of aromatic nitrogens is 1. The molecule has 3 rings (SSSR count). The monoisotopic (exact) mass is 328 g/mol. The number of aryl methyl sites for hydroxylation is 3. The minimum absolute atomic E-state index is 0.412. The molecule has 0 spiro atoms. The van der Waals surface area contributed by atoms with Crippen molar-refractivity contribution in [3.63, 3.8) is 0 Å². The molecule has 2 aromatic rings. The molecule has 1 aliphatic rings. The van der Waals surface area contributed by atoms with E-state index in [1.165, 1.54) is 5.56 Å². The van der Waals surface area contributed by atoms with Gasteiger partial charge in [0.05, 0.1) is 0 Å². The molecule has 4 heteroatoms. The van der Waals surface area contributed by atoms with Crippen molar-refractivity contribution in [3.8, 4) is 17.7 Å². The van der Waals surface area contributed by atoms with Gasteiger partial charge in [-0.1, -0.05) is 15.9 Å². The van der Waals surface area contributed by atoms with Crippen LogP contribution in [-0.2, 0) is 12.8 Å². The largest absolute Gasteiger partial charge is 0.438 e. The molecule has 1 aromatic heterocycles. The van der Waals surface area contributed by atoms with Crippen LogP contribution in [-0.4, -0.2) is 4.98 Å². The molecule has 0 saturated heterocycles. The number of hydrogen-bond acceptors (Lipinski definition) is 3. The van der Waals surface area contributed by atoms with E-state index in [0.717, 1.165) is 35.0 Å². The summed E-state index contributed by atoms with van der Waals surface area (Å²) >= 11 is 3.46. The van der Waals surface area contributed by atoms with E-state index in [0.29, 0.717) is 17.2 Å². The van der Waals surface area contributed by atoms with Gasteiger partial charge in [0.2, 0.25) is 5.88 Å². The van der Waals surface area contributed by atoms with E-state index in [2.05, 4.69) is 27.0 Å². The van der Waals surface area contributed by atoms with Gasteiger partial charge < -0.3 is 4.74 Å². The first kappa shape index (κ1) is 13.1. The zero-order valence-corrected chi connectivity index (χ0v) is 12.7. The predicted molar refractivity (Wildman–Crippen MR) is 79.9 cm³/mol. The summed E-state index contributed by atoms with van der Waals surface area (Å²) in [5, 5.41) is 9.25. The van der Waals surface area contributed by atoms with Crippen LogP contribution in [0.15, 0.2) is 28.7 Å². The second kappa shape index (κ2) is 5.26. The fourth-order valence-electron chi connectivity index (χ4n) is 2.40. The van der Waals surface area contributed by atoms with Crippen LogP contribution in [0.2, 0.25) is 0 Å². The number of rotatable bonds is 2. The number of ether oxygens (including phenoxy) is 1. The predicted octanol–water partition coefficient (Wildman–Crippen LogP) is 4.31. The van der Waals surface area contributed by atoms with Gasteiger partial charge in [-0.3, -0.25) is 0 Å². The lowest BCUT2D eigenvalue weighted by atomic mass is 10.1. The number of nitrogens with zero attached hydrogens (tertiary/aromatic N) is 2. The van der Waals surface area contributed by atoms with Gasteiger partial charge in [-0.15, -0.1) is 0 Å². The molecular formula is C16H13BrN2O. The summed E-state index contributed by atoms with van der Waals surface area (Å²) in [6.45, 7) is 2.00. The van der Waals surface area contributed by atoms with Crippen LogP contribution < -0.4 is 4.74 Å². The van der Waals surface area contributed by atoms with E-state index in [1.54, 1.807) is 0 Å². The number of hydrogen-bond donors (Lipinski definition) is 0. The second-order valence-corrected chi connectivity index (χ2v) is 5.78. The summed E-state index contributed by atoms with van der Waals surface area (Å²) in [4.78, 5) is 4.51. The molecule has 0 bridgehead atoms. The van der Waals surface area contributed by atoms with E-state index in [1.807, 2.05) is 31.2 Å². The molecule has 1 heterocycles. The summed E-state index contributed by atoms with van der Waals surface area (Å²) in [6.07, 6.45) is 3.08. The molecule has 100 valence electrons. The molecule has 0 N–H and O–H groups in total. The molecule has 20 heavy (non-hydrogen) atoms. The van der Waals surface area contributed by atoms with Crippen LogP contribution in [0.1, 0.15) is 28.8 Å². The third kappa shape index (κ3) is 2.41. The topological polar surface area (TPSA) is 45.9 Å². The number of halogens is 1. The molecule has 0 amide bonds. The molecular weight excluding hydrogens is 316 g/mol. The summed E-state index contributed by atoms with van der Waals surface area (Å²) in [5.74, 6) is 1.11. The van der Waals surface area contributed by atoms with Crippen LogP contribution in [0.3, 0.4) is 0 Å². The molecule has 0 unspecified atom stereocenters. The van der Waals surface area contributed by atoms with Crippen LogP contribution in [0.5, 0.6) is 11.6 Å². The summed E-state index contributed by atoms with van der Waals surface area (Å²) in [7, 11) is 0. The third-order valence-corrected chi connectivity index (χ3v) is 4.37. The Labute approximate surface area is 126 Å². The van der Waals surface area contributed by atoms with Crippen molar-refractivity contribution in [2.45, 2.75) is 26.2 Å². The third-order valence-electron chi connectivity index (χ3n) is 3.48. The van der Waals surface area contributed by atoms with Crippen molar-refractivity contribution in [1.29, 1.82) is 5.26 Å². The lowest BCUT2D eigenvalue weighted by Crippen LogP contribution is -1.97. The van der Waals surface area contributed by atoms with E-state index in [9.17, 15) is 5.26 Å². The lowest BCUT2D eigenvalue weighted by Gasteiger charge is -2.09. The van der Waals surface area contributed by atoms with E-state index >= 15 is 0 Å². The first-order chi connectivity index (χ1) is 9.67. The molecule has 0 atom stereocenters. The highest BCUT2D eigenvalue weighted by atomic mass is 79.9. The van der Waals surface area contributed by atoms with Crippen LogP contribution >= 0.6 is 15.9 Å². The molecule has 1 aromatic carbocycles. The SMILES string of the molecule is Cc1cc(Oc2nc3c(cc2C#N)CCC3)ccc1Br. The van der Waals surface area contributed by atoms with Gasteiger partial charge in [0.15, 0.2) is 0 Å². The summed E-state index contributed by atoms with van der Waals surface area (Å²) in [6, 6.07) is 9.82. The normalized spacial score (nSPS) is 12.8. The van der Waals surface area contributed by atoms with Gasteiger partial charge in [-0.05, 0) is 61.6 Å². The Kier molecular flexibility index (Phi) is 3.45. The fraction of sp³-hybridized carbons (Fsp3) is 0.250. The highest BCUT2D eigenvalue weighted by Gasteiger charge is 2.17. The van der Waals surface area contributed by atoms with Gasteiger partial charge in [0.25, 0.3) is 0 Å². The maximum atomic E-state index is 9.25. The Hall–Kier alpha value is -1.86. The Balaban J connectivity index is 1.98. The van der Waals surface area contributed by atoms with E-state index in [4.69, 9.17) is 4.74 Å². The van der Waals surface area contributed by atoms with Crippen molar-refractivity contribution in [2.75, 3.05) is 0 Å². The van der Waals surface area contributed by atoms with E-state index in [-0.39, 0.29) is 0 Å². The Morgan fingerprint density at radius 3 is 2.90 bits per heavy atom. The molecule has 0 aliphatic heterocycles.